The quantitative estimate of drug-likeness (QED) is 0.561. The van der Waals surface area contributed by atoms with E-state index in [1.54, 1.807) is 18.2 Å². The summed E-state index contributed by atoms with van der Waals surface area (Å²) in [6.07, 6.45) is -10.1. The number of nitrogens with one attached hydrogen (secondary N) is 1. The van der Waals surface area contributed by atoms with Gasteiger partial charge in [-0.2, -0.15) is 26.3 Å². The van der Waals surface area contributed by atoms with Crippen LogP contribution in [0.15, 0.2) is 36.4 Å². The summed E-state index contributed by atoms with van der Waals surface area (Å²) in [6, 6.07) is 5.27. The maximum atomic E-state index is 13.1. The highest BCUT2D eigenvalue weighted by Gasteiger charge is 2.38. The Kier molecular flexibility index (Phi) is 6.27. The fourth-order valence-electron chi connectivity index (χ4n) is 3.15. The molecule has 1 N–H and O–H groups in total. The number of amides is 1. The molecule has 1 atom stereocenters. The summed E-state index contributed by atoms with van der Waals surface area (Å²) in [5.41, 5.74) is -3.05. The SMILES string of the molecule is O=C(c1cc(C(F)(F)F)cc(C(F)(F)F)c1)N1CCNC(c2ccc(Cl)c(Cl)c2)C1. The van der Waals surface area contributed by atoms with Gasteiger partial charge >= 0.3 is 12.4 Å². The predicted molar refractivity (Wildman–Crippen MR) is 99.6 cm³/mol. The lowest BCUT2D eigenvalue weighted by molar-refractivity contribution is -0.143. The molecule has 1 amide bonds. The Morgan fingerprint density at radius 3 is 2.07 bits per heavy atom. The minimum absolute atomic E-state index is 0.00689. The van der Waals surface area contributed by atoms with Gasteiger partial charge in [-0.1, -0.05) is 29.3 Å². The molecule has 11 heteroatoms. The van der Waals surface area contributed by atoms with Gasteiger partial charge in [0, 0.05) is 25.2 Å². The van der Waals surface area contributed by atoms with Crippen LogP contribution in [-0.4, -0.2) is 30.4 Å². The average Bonchev–Trinajstić information content (AvgIpc) is 2.68. The summed E-state index contributed by atoms with van der Waals surface area (Å²) in [7, 11) is 0. The molecule has 3 rings (SSSR count). The largest absolute Gasteiger partial charge is 0.416 e. The van der Waals surface area contributed by atoms with E-state index < -0.39 is 41.0 Å². The molecule has 3 nitrogen and oxygen atoms in total. The standard InChI is InChI=1S/C19H14Cl2F6N2O/c20-14-2-1-10(7-15(14)21)16-9-29(4-3-28-16)17(30)11-5-12(18(22,23)24)8-13(6-11)19(25,26)27/h1-2,5-8,16,28H,3-4,9H2. The third-order valence-corrected chi connectivity index (χ3v) is 5.38. The number of alkyl halides is 6. The number of carbonyl (C=O) groups excluding carboxylic acids is 1. The van der Waals surface area contributed by atoms with E-state index in [1.165, 1.54) is 4.90 Å². The minimum atomic E-state index is -5.03. The molecule has 1 saturated heterocycles. The first kappa shape index (κ1) is 22.7. The Morgan fingerprint density at radius 2 is 1.53 bits per heavy atom. The second-order valence-electron chi connectivity index (χ2n) is 6.73. The zero-order valence-electron chi connectivity index (χ0n) is 15.0. The molecule has 1 unspecified atom stereocenters. The molecule has 0 saturated carbocycles. The second kappa shape index (κ2) is 8.28. The zero-order valence-corrected chi connectivity index (χ0v) is 16.6. The number of hydrogen-bond donors (Lipinski definition) is 1. The lowest BCUT2D eigenvalue weighted by Crippen LogP contribution is -2.48. The van der Waals surface area contributed by atoms with E-state index >= 15 is 0 Å². The smallest absolute Gasteiger partial charge is 0.335 e. The summed E-state index contributed by atoms with van der Waals surface area (Å²) in [6.45, 7) is 0.449. The average molecular weight is 471 g/mol. The molecule has 162 valence electrons. The molecule has 1 heterocycles. The highest BCUT2D eigenvalue weighted by atomic mass is 35.5. The van der Waals surface area contributed by atoms with Crippen molar-refractivity contribution in [2.75, 3.05) is 19.6 Å². The predicted octanol–water partition coefficient (Wildman–Crippen LogP) is 5.82. The van der Waals surface area contributed by atoms with Crippen molar-refractivity contribution in [1.29, 1.82) is 0 Å². The Labute approximate surface area is 177 Å². The Bertz CT molecular complexity index is 929. The van der Waals surface area contributed by atoms with Gasteiger partial charge in [0.05, 0.1) is 27.2 Å². The molecule has 1 aliphatic heterocycles. The van der Waals surface area contributed by atoms with Crippen molar-refractivity contribution in [2.24, 2.45) is 0 Å². The first-order chi connectivity index (χ1) is 13.9. The number of halogens is 8. The fraction of sp³-hybridized carbons (Fsp3) is 0.316. The second-order valence-corrected chi connectivity index (χ2v) is 7.54. The van der Waals surface area contributed by atoms with Gasteiger partial charge in [-0.25, -0.2) is 0 Å². The molecule has 0 aliphatic carbocycles. The van der Waals surface area contributed by atoms with Crippen molar-refractivity contribution < 1.29 is 31.1 Å². The molecular formula is C19H14Cl2F6N2O. The Balaban J connectivity index is 1.90. The summed E-state index contributed by atoms with van der Waals surface area (Å²) in [5, 5.41) is 3.75. The van der Waals surface area contributed by atoms with Crippen LogP contribution in [0.5, 0.6) is 0 Å². The van der Waals surface area contributed by atoms with Crippen LogP contribution in [0.3, 0.4) is 0 Å². The van der Waals surface area contributed by atoms with Gasteiger partial charge in [-0.3, -0.25) is 4.79 Å². The van der Waals surface area contributed by atoms with E-state index in [-0.39, 0.29) is 24.2 Å². The number of rotatable bonds is 2. The van der Waals surface area contributed by atoms with Gasteiger partial charge in [-0.05, 0) is 35.9 Å². The molecular weight excluding hydrogens is 457 g/mol. The van der Waals surface area contributed by atoms with Crippen molar-refractivity contribution in [3.05, 3.63) is 68.7 Å². The highest BCUT2D eigenvalue weighted by Crippen LogP contribution is 2.37. The number of piperazine rings is 1. The van der Waals surface area contributed by atoms with Crippen LogP contribution >= 0.6 is 23.2 Å². The fourth-order valence-corrected chi connectivity index (χ4v) is 3.45. The van der Waals surface area contributed by atoms with E-state index in [1.807, 2.05) is 0 Å². The number of benzene rings is 2. The number of hydrogen-bond acceptors (Lipinski definition) is 2. The maximum Gasteiger partial charge on any atom is 0.416 e. The van der Waals surface area contributed by atoms with E-state index in [4.69, 9.17) is 23.2 Å². The maximum absolute atomic E-state index is 13.1. The van der Waals surface area contributed by atoms with E-state index in [2.05, 4.69) is 5.32 Å². The van der Waals surface area contributed by atoms with Crippen molar-refractivity contribution in [3.8, 4) is 0 Å². The first-order valence-corrected chi connectivity index (χ1v) is 9.39. The Hall–Kier alpha value is -1.97. The van der Waals surface area contributed by atoms with Gasteiger partial charge in [0.2, 0.25) is 0 Å². The van der Waals surface area contributed by atoms with Crippen molar-refractivity contribution in [2.45, 2.75) is 18.4 Å². The molecule has 2 aromatic carbocycles. The van der Waals surface area contributed by atoms with Gasteiger partial charge < -0.3 is 10.2 Å². The van der Waals surface area contributed by atoms with Gasteiger partial charge in [0.1, 0.15) is 0 Å². The summed E-state index contributed by atoms with van der Waals surface area (Å²) in [5.74, 6) is -0.918. The first-order valence-electron chi connectivity index (χ1n) is 8.63. The van der Waals surface area contributed by atoms with Crippen LogP contribution in [-0.2, 0) is 12.4 Å². The molecule has 0 aromatic heterocycles. The number of nitrogens with zero attached hydrogens (tertiary/aromatic N) is 1. The minimum Gasteiger partial charge on any atom is -0.335 e. The summed E-state index contributed by atoms with van der Waals surface area (Å²) < 4.78 is 78.4. The third-order valence-electron chi connectivity index (χ3n) is 4.64. The van der Waals surface area contributed by atoms with Crippen LogP contribution < -0.4 is 5.32 Å². The normalized spacial score (nSPS) is 17.9. The van der Waals surface area contributed by atoms with Crippen LogP contribution in [0, 0.1) is 0 Å². The molecule has 0 bridgehead atoms. The van der Waals surface area contributed by atoms with Crippen LogP contribution in [0.4, 0.5) is 26.3 Å². The molecule has 1 fully saturated rings. The van der Waals surface area contributed by atoms with E-state index in [9.17, 15) is 31.1 Å². The van der Waals surface area contributed by atoms with E-state index in [0.29, 0.717) is 29.3 Å². The molecule has 1 aliphatic rings. The van der Waals surface area contributed by atoms with Crippen LogP contribution in [0.1, 0.15) is 33.1 Å². The monoisotopic (exact) mass is 470 g/mol. The number of carbonyl (C=O) groups is 1. The van der Waals surface area contributed by atoms with Crippen molar-refractivity contribution >= 4 is 29.1 Å². The molecule has 2 aromatic rings. The summed E-state index contributed by atoms with van der Waals surface area (Å²) in [4.78, 5) is 14.0. The molecule has 30 heavy (non-hydrogen) atoms. The summed E-state index contributed by atoms with van der Waals surface area (Å²) >= 11 is 11.9. The van der Waals surface area contributed by atoms with Gasteiger partial charge in [0.15, 0.2) is 0 Å². The van der Waals surface area contributed by atoms with Gasteiger partial charge in [0.25, 0.3) is 5.91 Å². The van der Waals surface area contributed by atoms with Gasteiger partial charge in [-0.15, -0.1) is 0 Å². The highest BCUT2D eigenvalue weighted by molar-refractivity contribution is 6.42. The third kappa shape index (κ3) is 5.01. The topological polar surface area (TPSA) is 32.3 Å². The van der Waals surface area contributed by atoms with E-state index in [0.717, 1.165) is 0 Å². The molecule has 0 radical (unpaired) electrons. The lowest BCUT2D eigenvalue weighted by Gasteiger charge is -2.34. The van der Waals surface area contributed by atoms with Crippen LogP contribution in [0.25, 0.3) is 0 Å². The van der Waals surface area contributed by atoms with Crippen LogP contribution in [0.2, 0.25) is 10.0 Å². The molecule has 0 spiro atoms. The van der Waals surface area contributed by atoms with Crippen molar-refractivity contribution in [1.82, 2.24) is 10.2 Å². The zero-order chi connectivity index (χ0) is 22.3. The lowest BCUT2D eigenvalue weighted by atomic mass is 10.0. The van der Waals surface area contributed by atoms with Crippen molar-refractivity contribution in [3.63, 3.8) is 0 Å². The Morgan fingerprint density at radius 1 is 0.933 bits per heavy atom.